The molecule has 0 aromatic heterocycles. The molecule has 12 unspecified atom stereocenters. The van der Waals surface area contributed by atoms with Crippen molar-refractivity contribution >= 4 is 5.91 Å². The number of nitrogens with one attached hydrogen (secondary N) is 1. The number of ether oxygens (including phenoxy) is 4. The normalized spacial score (nSPS) is 28.4. The number of hydrogen-bond donors (Lipinski definition) is 9. The number of allylic oxidation sites excluding steroid dienone is 11. The number of hydrogen-bond acceptors (Lipinski definition) is 13. The predicted molar refractivity (Wildman–Crippen MR) is 240 cm³/mol. The Morgan fingerprint density at radius 3 is 1.71 bits per heavy atom. The zero-order chi connectivity index (χ0) is 45.4. The van der Waals surface area contributed by atoms with Crippen molar-refractivity contribution in [3.8, 4) is 0 Å². The van der Waals surface area contributed by atoms with E-state index in [0.29, 0.717) is 6.42 Å². The van der Waals surface area contributed by atoms with Crippen LogP contribution < -0.4 is 5.32 Å². The molecule has 9 N–H and O–H groups in total. The van der Waals surface area contributed by atoms with Gasteiger partial charge in [0.15, 0.2) is 12.6 Å². The number of unbranched alkanes of at least 4 members (excludes halogenated alkanes) is 10. The third-order valence-corrected chi connectivity index (χ3v) is 10.9. The van der Waals surface area contributed by atoms with Gasteiger partial charge < -0.3 is 65.1 Å². The first-order chi connectivity index (χ1) is 30.1. The third kappa shape index (κ3) is 22.4. The number of carbonyl (C=O) groups is 1. The highest BCUT2D eigenvalue weighted by molar-refractivity contribution is 5.76. The van der Waals surface area contributed by atoms with Crippen molar-refractivity contribution in [3.63, 3.8) is 0 Å². The first-order valence-corrected chi connectivity index (χ1v) is 23.2. The van der Waals surface area contributed by atoms with Gasteiger partial charge in [0.2, 0.25) is 5.91 Å². The molecule has 0 aromatic rings. The summed E-state index contributed by atoms with van der Waals surface area (Å²) < 4.78 is 22.5. The van der Waals surface area contributed by atoms with Crippen molar-refractivity contribution < 1.29 is 64.6 Å². The molecule has 0 saturated carbocycles. The summed E-state index contributed by atoms with van der Waals surface area (Å²) in [7, 11) is 0. The maximum atomic E-state index is 13.0. The molecule has 2 aliphatic rings. The molecule has 0 aromatic carbocycles. The van der Waals surface area contributed by atoms with Crippen LogP contribution in [-0.2, 0) is 23.7 Å². The van der Waals surface area contributed by atoms with Gasteiger partial charge in [-0.3, -0.25) is 4.79 Å². The lowest BCUT2D eigenvalue weighted by Gasteiger charge is -2.46. The van der Waals surface area contributed by atoms with E-state index in [0.717, 1.165) is 96.3 Å². The van der Waals surface area contributed by atoms with Crippen LogP contribution in [0.3, 0.4) is 0 Å². The summed E-state index contributed by atoms with van der Waals surface area (Å²) in [5.41, 5.74) is 0. The second kappa shape index (κ2) is 34.8. The Morgan fingerprint density at radius 1 is 0.597 bits per heavy atom. The van der Waals surface area contributed by atoms with E-state index >= 15 is 0 Å². The molecule has 2 rings (SSSR count). The van der Waals surface area contributed by atoms with Gasteiger partial charge in [-0.1, -0.05) is 132 Å². The second-order valence-electron chi connectivity index (χ2n) is 16.1. The molecule has 2 heterocycles. The molecule has 0 bridgehead atoms. The summed E-state index contributed by atoms with van der Waals surface area (Å²) in [6, 6.07) is -0.920. The van der Waals surface area contributed by atoms with Gasteiger partial charge >= 0.3 is 0 Å². The van der Waals surface area contributed by atoms with Crippen LogP contribution in [-0.4, -0.2) is 140 Å². The van der Waals surface area contributed by atoms with Crippen LogP contribution in [0.5, 0.6) is 0 Å². The van der Waals surface area contributed by atoms with Crippen molar-refractivity contribution in [2.75, 3.05) is 19.8 Å². The fourth-order valence-corrected chi connectivity index (χ4v) is 7.08. The highest BCUT2D eigenvalue weighted by atomic mass is 16.7. The standard InChI is InChI=1S/C48H81NO13/c1-3-5-7-9-10-11-12-13-14-15-16-17-18-19-20-21-22-23-24-25-26-28-30-32-40(53)49-36(37(52)31-29-27-8-6-4-2)35-59-47-45(58)43(56)46(39(34-51)61-47)62-48-44(57)42(55)41(54)38(33-50)60-48/h5,7,10-11,13-14,16-17,19-20,29,31,36-39,41-48,50-52,54-58H,3-4,6,8-9,12,15,18,21-28,30,32-35H2,1-2H3,(H,49,53)/b7-5-,11-10-,14-13-,17-16-,20-19-,31-29+. The number of amides is 1. The first kappa shape index (κ1) is 55.6. The Balaban J connectivity index is 1.74. The number of aliphatic hydroxyl groups excluding tert-OH is 8. The van der Waals surface area contributed by atoms with E-state index in [1.165, 1.54) is 6.42 Å². The molecule has 0 radical (unpaired) electrons. The molecule has 0 aliphatic carbocycles. The van der Waals surface area contributed by atoms with E-state index in [4.69, 9.17) is 18.9 Å². The van der Waals surface area contributed by atoms with Gasteiger partial charge in [-0.25, -0.2) is 0 Å². The second-order valence-corrected chi connectivity index (χ2v) is 16.1. The molecule has 0 spiro atoms. The molecule has 62 heavy (non-hydrogen) atoms. The molecular weight excluding hydrogens is 799 g/mol. The molecule has 356 valence electrons. The zero-order valence-electron chi connectivity index (χ0n) is 37.3. The van der Waals surface area contributed by atoms with Crippen LogP contribution in [0.15, 0.2) is 72.9 Å². The number of aliphatic hydroxyl groups is 8. The van der Waals surface area contributed by atoms with E-state index in [1.807, 2.05) is 6.08 Å². The lowest BCUT2D eigenvalue weighted by Crippen LogP contribution is -2.65. The molecule has 12 atom stereocenters. The van der Waals surface area contributed by atoms with Gasteiger partial charge in [-0.05, 0) is 64.2 Å². The van der Waals surface area contributed by atoms with Crippen LogP contribution in [0.2, 0.25) is 0 Å². The van der Waals surface area contributed by atoms with E-state index < -0.39 is 86.8 Å². The monoisotopic (exact) mass is 880 g/mol. The Labute approximate surface area is 370 Å². The highest BCUT2D eigenvalue weighted by Gasteiger charge is 2.50. The maximum Gasteiger partial charge on any atom is 0.220 e. The van der Waals surface area contributed by atoms with Crippen LogP contribution in [0.25, 0.3) is 0 Å². The van der Waals surface area contributed by atoms with Crippen molar-refractivity contribution in [2.45, 2.75) is 203 Å². The molecule has 2 aliphatic heterocycles. The minimum absolute atomic E-state index is 0.262. The average Bonchev–Trinajstić information content (AvgIpc) is 3.27. The van der Waals surface area contributed by atoms with Gasteiger partial charge in [0, 0.05) is 6.42 Å². The zero-order valence-corrected chi connectivity index (χ0v) is 37.3. The molecule has 2 fully saturated rings. The van der Waals surface area contributed by atoms with Crippen LogP contribution in [0.1, 0.15) is 129 Å². The van der Waals surface area contributed by atoms with Gasteiger partial charge in [0.1, 0.15) is 48.8 Å². The van der Waals surface area contributed by atoms with Gasteiger partial charge in [0.05, 0.1) is 32.0 Å². The van der Waals surface area contributed by atoms with E-state index in [2.05, 4.69) is 79.9 Å². The smallest absolute Gasteiger partial charge is 0.220 e. The number of rotatable bonds is 33. The summed E-state index contributed by atoms with van der Waals surface area (Å²) in [6.07, 6.45) is 25.8. The van der Waals surface area contributed by atoms with E-state index in [9.17, 15) is 45.6 Å². The Hall–Kier alpha value is -2.57. The van der Waals surface area contributed by atoms with Gasteiger partial charge in [0.25, 0.3) is 0 Å². The first-order valence-electron chi connectivity index (χ1n) is 23.2. The summed E-state index contributed by atoms with van der Waals surface area (Å²) >= 11 is 0. The minimum Gasteiger partial charge on any atom is -0.394 e. The highest BCUT2D eigenvalue weighted by Crippen LogP contribution is 2.30. The Kier molecular flexibility index (Phi) is 31.2. The summed E-state index contributed by atoms with van der Waals surface area (Å²) in [4.78, 5) is 13.0. The third-order valence-electron chi connectivity index (χ3n) is 10.9. The molecule has 1 amide bonds. The van der Waals surface area contributed by atoms with Crippen molar-refractivity contribution in [2.24, 2.45) is 0 Å². The predicted octanol–water partition coefficient (Wildman–Crippen LogP) is 4.87. The molecular formula is C48H81NO13. The van der Waals surface area contributed by atoms with Crippen LogP contribution in [0.4, 0.5) is 0 Å². The summed E-state index contributed by atoms with van der Waals surface area (Å²) in [5, 5.41) is 86.0. The van der Waals surface area contributed by atoms with Crippen molar-refractivity contribution in [1.29, 1.82) is 0 Å². The van der Waals surface area contributed by atoms with Crippen LogP contribution >= 0.6 is 0 Å². The summed E-state index contributed by atoms with van der Waals surface area (Å²) in [5.74, 6) is -0.263. The largest absolute Gasteiger partial charge is 0.394 e. The minimum atomic E-state index is -1.79. The lowest BCUT2D eigenvalue weighted by molar-refractivity contribution is -0.359. The Morgan fingerprint density at radius 2 is 1.11 bits per heavy atom. The molecule has 14 nitrogen and oxygen atoms in total. The van der Waals surface area contributed by atoms with Gasteiger partial charge in [-0.15, -0.1) is 0 Å². The molecule has 2 saturated heterocycles. The topological polar surface area (TPSA) is 228 Å². The maximum absolute atomic E-state index is 13.0. The SMILES string of the molecule is CC/C=C\C/C=C\C/C=C\C/C=C\C/C=C\CCCCCCCCCC(=O)NC(COC1OC(CO)C(OC2OC(CO)C(O)C(O)C2O)C(O)C1O)C(O)/C=C/CCCCC. The number of carbonyl (C=O) groups excluding carboxylic acids is 1. The van der Waals surface area contributed by atoms with E-state index in [-0.39, 0.29) is 18.9 Å². The summed E-state index contributed by atoms with van der Waals surface area (Å²) in [6.45, 7) is 2.50. The van der Waals surface area contributed by atoms with Crippen molar-refractivity contribution in [3.05, 3.63) is 72.9 Å². The average molecular weight is 880 g/mol. The van der Waals surface area contributed by atoms with Gasteiger partial charge in [-0.2, -0.15) is 0 Å². The Bertz CT molecular complexity index is 1320. The van der Waals surface area contributed by atoms with E-state index in [1.54, 1.807) is 6.08 Å². The quantitative estimate of drug-likeness (QED) is 0.0317. The molecule has 14 heteroatoms. The van der Waals surface area contributed by atoms with Crippen molar-refractivity contribution in [1.82, 2.24) is 5.32 Å². The van der Waals surface area contributed by atoms with Crippen LogP contribution in [0, 0.1) is 0 Å². The fraction of sp³-hybridized carbons (Fsp3) is 0.729. The lowest BCUT2D eigenvalue weighted by atomic mass is 9.97. The fourth-order valence-electron chi connectivity index (χ4n) is 7.08.